The molecule has 0 fully saturated rings. The van der Waals surface area contributed by atoms with Gasteiger partial charge in [0.1, 0.15) is 6.04 Å². The molecule has 0 aromatic heterocycles. The molecule has 0 spiro atoms. The van der Waals surface area contributed by atoms with E-state index in [2.05, 4.69) is 15.6 Å². The fraction of sp³-hybridized carbons (Fsp3) is 0.250. The van der Waals surface area contributed by atoms with Crippen LogP contribution in [0, 0.1) is 0 Å². The van der Waals surface area contributed by atoms with Crippen LogP contribution >= 0.6 is 35.6 Å². The van der Waals surface area contributed by atoms with Gasteiger partial charge in [-0.1, -0.05) is 83.9 Å². The Kier molecular flexibility index (Phi) is 11.9. The van der Waals surface area contributed by atoms with Crippen LogP contribution in [0.1, 0.15) is 36.5 Å². The number of carbonyl (C=O) groups is 2. The first-order valence-corrected chi connectivity index (χ1v) is 12.9. The Hall–Kier alpha value is -3.46. The predicted octanol–water partition coefficient (Wildman–Crippen LogP) is 4.16. The molecule has 3 aromatic carbocycles. The third-order valence-corrected chi connectivity index (χ3v) is 6.95. The average Bonchev–Trinajstić information content (AvgIpc) is 2.92. The van der Waals surface area contributed by atoms with Crippen LogP contribution in [0.5, 0.6) is 0 Å². The average molecular weight is 592 g/mol. The monoisotopic (exact) mass is 590 g/mol. The van der Waals surface area contributed by atoms with Gasteiger partial charge in [-0.25, -0.2) is 0 Å². The summed E-state index contributed by atoms with van der Waals surface area (Å²) in [7, 11) is 0. The minimum Gasteiger partial charge on any atom is -0.396 e. The van der Waals surface area contributed by atoms with E-state index in [0.29, 0.717) is 35.0 Å². The lowest BCUT2D eigenvalue weighted by atomic mass is 9.75. The summed E-state index contributed by atoms with van der Waals surface area (Å²) in [5.74, 6) is -0.709. The molecule has 1 atom stereocenters. The van der Waals surface area contributed by atoms with Crippen molar-refractivity contribution in [1.29, 1.82) is 0 Å². The summed E-state index contributed by atoms with van der Waals surface area (Å²) >= 11 is 12.3. The lowest BCUT2D eigenvalue weighted by molar-refractivity contribution is -0.131. The van der Waals surface area contributed by atoms with Gasteiger partial charge in [-0.05, 0) is 48.6 Å². The van der Waals surface area contributed by atoms with Crippen molar-refractivity contribution in [3.63, 3.8) is 0 Å². The van der Waals surface area contributed by atoms with Crippen molar-refractivity contribution in [1.82, 2.24) is 10.6 Å². The second kappa shape index (κ2) is 14.6. The largest absolute Gasteiger partial charge is 0.396 e. The molecule has 0 bridgehead atoms. The highest BCUT2D eigenvalue weighted by Gasteiger charge is 2.38. The molecule has 11 heteroatoms. The molecule has 0 radical (unpaired) electrons. The molecule has 3 aromatic rings. The second-order valence-electron chi connectivity index (χ2n) is 9.02. The summed E-state index contributed by atoms with van der Waals surface area (Å²) in [6, 6.07) is 21.3. The number of aliphatic imine (C=N–C) groups is 1. The summed E-state index contributed by atoms with van der Waals surface area (Å²) < 4.78 is 0. The number of hydrogen-bond acceptors (Lipinski definition) is 4. The van der Waals surface area contributed by atoms with E-state index in [9.17, 15) is 9.59 Å². The van der Waals surface area contributed by atoms with Crippen LogP contribution in [0.2, 0.25) is 10.0 Å². The molecule has 8 nitrogen and oxygen atoms in total. The van der Waals surface area contributed by atoms with E-state index in [1.165, 1.54) is 0 Å². The van der Waals surface area contributed by atoms with Gasteiger partial charge in [0.25, 0.3) is 0 Å². The van der Waals surface area contributed by atoms with E-state index in [1.807, 2.05) is 67.6 Å². The Labute approximate surface area is 244 Å². The fourth-order valence-corrected chi connectivity index (χ4v) is 4.63. The number of amides is 2. The fourth-order valence-electron chi connectivity index (χ4n) is 4.10. The smallest absolute Gasteiger partial charge is 0.242 e. The first-order chi connectivity index (χ1) is 18.1. The lowest BCUT2D eigenvalue weighted by Gasteiger charge is -2.31. The van der Waals surface area contributed by atoms with Crippen LogP contribution in [0.4, 0.5) is 5.69 Å². The van der Waals surface area contributed by atoms with E-state index in [4.69, 9.17) is 40.4 Å². The predicted molar refractivity (Wildman–Crippen MR) is 161 cm³/mol. The molecule has 0 heterocycles. The zero-order valence-electron chi connectivity index (χ0n) is 21.5. The van der Waals surface area contributed by atoms with Gasteiger partial charge < -0.3 is 27.8 Å². The zero-order chi connectivity index (χ0) is 27.7. The number of benzene rings is 3. The van der Waals surface area contributed by atoms with E-state index < -0.39 is 11.5 Å². The van der Waals surface area contributed by atoms with Crippen LogP contribution in [-0.2, 0) is 21.5 Å². The van der Waals surface area contributed by atoms with Crippen molar-refractivity contribution in [3.05, 3.63) is 99.5 Å². The summed E-state index contributed by atoms with van der Waals surface area (Å²) in [6.07, 6.45) is 0.792. The second-order valence-corrected chi connectivity index (χ2v) is 9.84. The molecule has 208 valence electrons. The molecule has 0 aliphatic carbocycles. The van der Waals surface area contributed by atoms with E-state index >= 15 is 0 Å². The van der Waals surface area contributed by atoms with Gasteiger partial charge in [0.15, 0.2) is 5.96 Å². The molecule has 0 unspecified atom stereocenters. The highest BCUT2D eigenvalue weighted by Crippen LogP contribution is 2.32. The van der Waals surface area contributed by atoms with Crippen LogP contribution in [0.15, 0.2) is 77.8 Å². The quantitative estimate of drug-likeness (QED) is 0.0983. The summed E-state index contributed by atoms with van der Waals surface area (Å²) in [6.45, 7) is 2.31. The van der Waals surface area contributed by atoms with E-state index in [0.717, 1.165) is 11.1 Å². The number of nitrogen functional groups attached to an aromatic ring is 1. The number of nitrogens with zero attached hydrogens (tertiary/aromatic N) is 1. The molecule has 0 saturated heterocycles. The van der Waals surface area contributed by atoms with Crippen LogP contribution in [0.25, 0.3) is 0 Å². The van der Waals surface area contributed by atoms with Gasteiger partial charge in [-0.15, -0.1) is 12.4 Å². The number of rotatable bonds is 11. The molecule has 3 rings (SSSR count). The maximum Gasteiger partial charge on any atom is 0.242 e. The minimum atomic E-state index is -1.04. The molecule has 0 aliphatic rings. The van der Waals surface area contributed by atoms with E-state index in [-0.39, 0.29) is 42.4 Å². The van der Waals surface area contributed by atoms with Crippen molar-refractivity contribution in [2.24, 2.45) is 16.5 Å². The zero-order valence-corrected chi connectivity index (χ0v) is 23.8. The van der Waals surface area contributed by atoms with Gasteiger partial charge in [0.05, 0.1) is 21.1 Å². The maximum absolute atomic E-state index is 13.9. The maximum atomic E-state index is 13.9. The molecule has 0 aliphatic heterocycles. The molecule has 8 N–H and O–H groups in total. The van der Waals surface area contributed by atoms with Crippen molar-refractivity contribution in [2.75, 3.05) is 12.3 Å². The van der Waals surface area contributed by atoms with Gasteiger partial charge in [-0.2, -0.15) is 0 Å². The Balaban J connectivity index is 0.00000533. The van der Waals surface area contributed by atoms with Gasteiger partial charge in [0, 0.05) is 13.1 Å². The standard InChI is InChI=1S/C28H32Cl2N6O2.ClH/c1-28(19-9-4-2-5-10-19,20-11-6-3-7-12-20)26(38)36-23(13-8-14-34-27(32)33)25(37)35-17-18-15-21(29)24(31)22(30)16-18;/h2-7,9-12,15-16,23H,8,13-14,17,31H2,1H3,(H,35,37)(H,36,38)(H4,32,33,34);1H/t23-;/m1./s1. The van der Waals surface area contributed by atoms with Crippen LogP contribution < -0.4 is 27.8 Å². The summed E-state index contributed by atoms with van der Waals surface area (Å²) in [4.78, 5) is 31.2. The van der Waals surface area contributed by atoms with Crippen molar-refractivity contribution >= 4 is 59.1 Å². The number of nitrogens with one attached hydrogen (secondary N) is 2. The number of carbonyl (C=O) groups excluding carboxylic acids is 2. The highest BCUT2D eigenvalue weighted by atomic mass is 35.5. The molecular formula is C28H33Cl3N6O2. The van der Waals surface area contributed by atoms with Crippen LogP contribution in [0.3, 0.4) is 0 Å². The van der Waals surface area contributed by atoms with Gasteiger partial charge in [0.2, 0.25) is 11.8 Å². The van der Waals surface area contributed by atoms with Crippen molar-refractivity contribution in [3.8, 4) is 0 Å². The van der Waals surface area contributed by atoms with Crippen molar-refractivity contribution in [2.45, 2.75) is 37.8 Å². The third-order valence-electron chi connectivity index (χ3n) is 6.33. The van der Waals surface area contributed by atoms with Crippen molar-refractivity contribution < 1.29 is 9.59 Å². The van der Waals surface area contributed by atoms with Gasteiger partial charge >= 0.3 is 0 Å². The Morgan fingerprint density at radius 1 is 0.949 bits per heavy atom. The molecule has 2 amide bonds. The summed E-state index contributed by atoms with van der Waals surface area (Å²) in [5.41, 5.74) is 18.2. The Bertz CT molecular complexity index is 1220. The number of anilines is 1. The summed E-state index contributed by atoms with van der Waals surface area (Å²) in [5, 5.41) is 6.43. The van der Waals surface area contributed by atoms with Gasteiger partial charge in [-0.3, -0.25) is 14.6 Å². The number of nitrogens with two attached hydrogens (primary N) is 3. The third kappa shape index (κ3) is 8.26. The van der Waals surface area contributed by atoms with E-state index in [1.54, 1.807) is 12.1 Å². The Morgan fingerprint density at radius 3 is 1.95 bits per heavy atom. The highest BCUT2D eigenvalue weighted by molar-refractivity contribution is 6.38. The minimum absolute atomic E-state index is 0. The molecular weight excluding hydrogens is 559 g/mol. The molecule has 39 heavy (non-hydrogen) atoms. The first-order valence-electron chi connectivity index (χ1n) is 12.1. The Morgan fingerprint density at radius 2 is 1.46 bits per heavy atom. The number of guanidine groups is 1. The normalized spacial score (nSPS) is 11.6. The molecule has 0 saturated carbocycles. The topological polar surface area (TPSA) is 149 Å². The number of hydrogen-bond donors (Lipinski definition) is 5. The lowest BCUT2D eigenvalue weighted by Crippen LogP contribution is -2.52. The van der Waals surface area contributed by atoms with Crippen LogP contribution in [-0.4, -0.2) is 30.4 Å². The number of halogens is 3. The SMILES string of the molecule is CC(C(=O)N[C@H](CCCN=C(N)N)C(=O)NCc1cc(Cl)c(N)c(Cl)c1)(c1ccccc1)c1ccccc1.Cl. The first kappa shape index (κ1) is 31.8.